The molecule has 0 atom stereocenters. The van der Waals surface area contributed by atoms with Crippen molar-refractivity contribution in [2.45, 2.75) is 20.4 Å². The first kappa shape index (κ1) is 15.4. The molecule has 0 aliphatic carbocycles. The molecule has 0 spiro atoms. The van der Waals surface area contributed by atoms with Crippen LogP contribution in [0.4, 0.5) is 0 Å². The minimum absolute atomic E-state index is 0.195. The van der Waals surface area contributed by atoms with E-state index in [1.165, 1.54) is 0 Å². The highest BCUT2D eigenvalue weighted by Gasteiger charge is 2.24. The number of nitrogens with one attached hydrogen (secondary N) is 1. The molecule has 0 aromatic carbocycles. The highest BCUT2D eigenvalue weighted by atomic mass is 16.6. The summed E-state index contributed by atoms with van der Waals surface area (Å²) in [6, 6.07) is 3.33. The third-order valence-electron chi connectivity index (χ3n) is 4.07. The predicted octanol–water partition coefficient (Wildman–Crippen LogP) is 0.333. The number of carbonyl (C=O) groups is 1. The van der Waals surface area contributed by atoms with Crippen molar-refractivity contribution >= 4 is 5.91 Å². The van der Waals surface area contributed by atoms with Gasteiger partial charge in [0.1, 0.15) is 17.0 Å². The van der Waals surface area contributed by atoms with Gasteiger partial charge in [0.2, 0.25) is 0 Å². The predicted molar refractivity (Wildman–Crippen MR) is 82.0 cm³/mol. The van der Waals surface area contributed by atoms with E-state index in [-0.39, 0.29) is 17.0 Å². The quantitative estimate of drug-likeness (QED) is 0.876. The van der Waals surface area contributed by atoms with Gasteiger partial charge >= 0.3 is 0 Å². The van der Waals surface area contributed by atoms with Crippen LogP contribution in [-0.2, 0) is 6.54 Å². The summed E-state index contributed by atoms with van der Waals surface area (Å²) < 4.78 is 4.70. The molecule has 0 bridgehead atoms. The molecule has 2 aromatic rings. The van der Waals surface area contributed by atoms with Gasteiger partial charge in [-0.1, -0.05) is 10.3 Å². The van der Waals surface area contributed by atoms with Gasteiger partial charge in [-0.2, -0.15) is 0 Å². The SMILES string of the molecule is Cc1ccc(C(=O)N2CCN(Cc3nonc3C)CC2)c(=O)[nH]1. The molecule has 1 fully saturated rings. The van der Waals surface area contributed by atoms with E-state index < -0.39 is 0 Å². The van der Waals surface area contributed by atoms with Gasteiger partial charge in [-0.15, -0.1) is 0 Å². The Morgan fingerprint density at radius 3 is 2.57 bits per heavy atom. The lowest BCUT2D eigenvalue weighted by Crippen LogP contribution is -2.49. The Bertz CT molecular complexity index is 758. The fourth-order valence-corrected chi connectivity index (χ4v) is 2.62. The van der Waals surface area contributed by atoms with Crippen molar-refractivity contribution < 1.29 is 9.42 Å². The van der Waals surface area contributed by atoms with Crippen molar-refractivity contribution in [2.75, 3.05) is 26.2 Å². The third-order valence-corrected chi connectivity index (χ3v) is 4.07. The zero-order valence-corrected chi connectivity index (χ0v) is 13.2. The van der Waals surface area contributed by atoms with E-state index in [9.17, 15) is 9.59 Å². The molecule has 1 aliphatic rings. The van der Waals surface area contributed by atoms with Crippen LogP contribution in [-0.4, -0.2) is 57.2 Å². The summed E-state index contributed by atoms with van der Waals surface area (Å²) in [7, 11) is 0. The van der Waals surface area contributed by atoms with E-state index in [0.29, 0.717) is 19.6 Å². The van der Waals surface area contributed by atoms with Gasteiger partial charge in [0.25, 0.3) is 11.5 Å². The molecule has 3 heterocycles. The van der Waals surface area contributed by atoms with Gasteiger partial charge in [-0.25, -0.2) is 4.63 Å². The van der Waals surface area contributed by atoms with Crippen LogP contribution >= 0.6 is 0 Å². The lowest BCUT2D eigenvalue weighted by molar-refractivity contribution is 0.0623. The molecule has 1 N–H and O–H groups in total. The average Bonchev–Trinajstić information content (AvgIpc) is 2.93. The summed E-state index contributed by atoms with van der Waals surface area (Å²) in [5.41, 5.74) is 2.21. The highest BCUT2D eigenvalue weighted by Crippen LogP contribution is 2.11. The number of H-pyrrole nitrogens is 1. The standard InChI is InChI=1S/C15H19N5O3/c1-10-3-4-12(14(21)16-10)15(22)20-7-5-19(6-8-20)9-13-11(2)17-23-18-13/h3-4H,5-9H2,1-2H3,(H,16,21). The zero-order chi connectivity index (χ0) is 16.4. The van der Waals surface area contributed by atoms with E-state index in [2.05, 4.69) is 20.2 Å². The van der Waals surface area contributed by atoms with Crippen molar-refractivity contribution in [3.05, 3.63) is 45.1 Å². The summed E-state index contributed by atoms with van der Waals surface area (Å²) in [6.45, 7) is 6.91. The average molecular weight is 317 g/mol. The normalized spacial score (nSPS) is 15.8. The largest absolute Gasteiger partial charge is 0.336 e. The molecule has 3 rings (SSSR count). The minimum Gasteiger partial charge on any atom is -0.336 e. The van der Waals surface area contributed by atoms with Gasteiger partial charge in [-0.05, 0) is 26.0 Å². The van der Waals surface area contributed by atoms with Crippen LogP contribution in [0.5, 0.6) is 0 Å². The fraction of sp³-hybridized carbons (Fsp3) is 0.467. The number of hydrogen-bond acceptors (Lipinski definition) is 6. The van der Waals surface area contributed by atoms with Crippen LogP contribution < -0.4 is 5.56 Å². The number of piperazine rings is 1. The maximum absolute atomic E-state index is 12.5. The van der Waals surface area contributed by atoms with Crippen LogP contribution in [0.1, 0.15) is 27.4 Å². The fourth-order valence-electron chi connectivity index (χ4n) is 2.62. The van der Waals surface area contributed by atoms with Crippen molar-refractivity contribution in [2.24, 2.45) is 0 Å². The third kappa shape index (κ3) is 3.31. The number of rotatable bonds is 3. The lowest BCUT2D eigenvalue weighted by Gasteiger charge is -2.34. The minimum atomic E-state index is -0.332. The van der Waals surface area contributed by atoms with Gasteiger partial charge in [0.05, 0.1) is 0 Å². The topological polar surface area (TPSA) is 95.3 Å². The molecule has 2 aromatic heterocycles. The van der Waals surface area contributed by atoms with Crippen molar-refractivity contribution in [1.82, 2.24) is 25.1 Å². The maximum atomic E-state index is 12.5. The second-order valence-corrected chi connectivity index (χ2v) is 5.75. The van der Waals surface area contributed by atoms with Gasteiger partial charge in [0, 0.05) is 38.4 Å². The first-order valence-electron chi connectivity index (χ1n) is 7.54. The number of amides is 1. The first-order chi connectivity index (χ1) is 11.0. The number of pyridine rings is 1. The van der Waals surface area contributed by atoms with Crippen molar-refractivity contribution in [3.63, 3.8) is 0 Å². The molecule has 0 unspecified atom stereocenters. The van der Waals surface area contributed by atoms with E-state index in [1.807, 2.05) is 6.92 Å². The van der Waals surface area contributed by atoms with Gasteiger partial charge < -0.3 is 9.88 Å². The summed E-state index contributed by atoms with van der Waals surface area (Å²) in [6.07, 6.45) is 0. The number of nitrogens with zero attached hydrogens (tertiary/aromatic N) is 4. The van der Waals surface area contributed by atoms with Crippen molar-refractivity contribution in [3.8, 4) is 0 Å². The van der Waals surface area contributed by atoms with Crippen LogP contribution in [0.25, 0.3) is 0 Å². The number of aryl methyl sites for hydroxylation is 2. The lowest BCUT2D eigenvalue weighted by atomic mass is 10.2. The van der Waals surface area contributed by atoms with Crippen LogP contribution in [0.3, 0.4) is 0 Å². The molecule has 1 aliphatic heterocycles. The van der Waals surface area contributed by atoms with E-state index in [1.54, 1.807) is 24.0 Å². The Labute approximate surface area is 133 Å². The maximum Gasteiger partial charge on any atom is 0.260 e. The Hall–Kier alpha value is -2.48. The highest BCUT2D eigenvalue weighted by molar-refractivity contribution is 5.93. The van der Waals surface area contributed by atoms with Crippen LogP contribution in [0.15, 0.2) is 21.6 Å². The molecule has 1 amide bonds. The Kier molecular flexibility index (Phi) is 4.24. The zero-order valence-electron chi connectivity index (χ0n) is 13.2. The van der Waals surface area contributed by atoms with E-state index in [4.69, 9.17) is 4.63 Å². The van der Waals surface area contributed by atoms with Gasteiger partial charge in [-0.3, -0.25) is 14.5 Å². The summed E-state index contributed by atoms with van der Waals surface area (Å²) in [4.78, 5) is 30.9. The van der Waals surface area contributed by atoms with Crippen LogP contribution in [0, 0.1) is 13.8 Å². The summed E-state index contributed by atoms with van der Waals surface area (Å²) in [5, 5.41) is 7.64. The van der Waals surface area contributed by atoms with Crippen molar-refractivity contribution in [1.29, 1.82) is 0 Å². The molecule has 0 radical (unpaired) electrons. The molecule has 8 heteroatoms. The molecule has 122 valence electrons. The van der Waals surface area contributed by atoms with E-state index in [0.717, 1.165) is 30.2 Å². The molecule has 23 heavy (non-hydrogen) atoms. The number of aromatic nitrogens is 3. The Morgan fingerprint density at radius 1 is 1.22 bits per heavy atom. The monoisotopic (exact) mass is 317 g/mol. The smallest absolute Gasteiger partial charge is 0.260 e. The Balaban J connectivity index is 1.61. The number of hydrogen-bond donors (Lipinski definition) is 1. The van der Waals surface area contributed by atoms with Gasteiger partial charge in [0.15, 0.2) is 0 Å². The first-order valence-corrected chi connectivity index (χ1v) is 7.54. The number of carbonyl (C=O) groups excluding carboxylic acids is 1. The molecule has 0 saturated carbocycles. The van der Waals surface area contributed by atoms with Crippen LogP contribution in [0.2, 0.25) is 0 Å². The second-order valence-electron chi connectivity index (χ2n) is 5.75. The van der Waals surface area contributed by atoms with E-state index >= 15 is 0 Å². The molecular weight excluding hydrogens is 298 g/mol. The molecule has 1 saturated heterocycles. The molecular formula is C15H19N5O3. The summed E-state index contributed by atoms with van der Waals surface area (Å²) in [5.74, 6) is -0.217. The number of aromatic amines is 1. The second kappa shape index (κ2) is 6.33. The Morgan fingerprint density at radius 2 is 1.96 bits per heavy atom. The summed E-state index contributed by atoms with van der Waals surface area (Å²) >= 11 is 0. The molecule has 8 nitrogen and oxygen atoms in total.